The molecule has 1 atom stereocenters. The molecule has 1 aromatic rings. The van der Waals surface area contributed by atoms with Crippen molar-refractivity contribution in [1.29, 1.82) is 0 Å². The Morgan fingerprint density at radius 1 is 1.27 bits per heavy atom. The zero-order valence-electron chi connectivity index (χ0n) is 15.1. The van der Waals surface area contributed by atoms with Crippen LogP contribution in [0.4, 0.5) is 4.79 Å². The molecule has 0 aliphatic carbocycles. The Morgan fingerprint density at radius 2 is 2.00 bits per heavy atom. The highest BCUT2D eigenvalue weighted by Crippen LogP contribution is 2.12. The van der Waals surface area contributed by atoms with Gasteiger partial charge in [0.25, 0.3) is 5.91 Å². The van der Waals surface area contributed by atoms with Crippen molar-refractivity contribution in [3.63, 3.8) is 0 Å². The third kappa shape index (κ3) is 5.05. The Labute approximate surface area is 151 Å². The van der Waals surface area contributed by atoms with Gasteiger partial charge in [0.15, 0.2) is 6.61 Å². The monoisotopic (exact) mass is 361 g/mol. The first kappa shape index (κ1) is 19.4. The van der Waals surface area contributed by atoms with E-state index in [1.54, 1.807) is 18.2 Å². The van der Waals surface area contributed by atoms with Gasteiger partial charge in [-0.2, -0.15) is 0 Å². The number of nitrogens with zero attached hydrogens (tertiary/aromatic N) is 1. The summed E-state index contributed by atoms with van der Waals surface area (Å²) in [5, 5.41) is 5.19. The van der Waals surface area contributed by atoms with E-state index in [9.17, 15) is 19.2 Å². The molecule has 1 aliphatic rings. The molecule has 1 aromatic carbocycles. The van der Waals surface area contributed by atoms with E-state index in [0.29, 0.717) is 5.56 Å². The fraction of sp³-hybridized carbons (Fsp3) is 0.444. The van der Waals surface area contributed by atoms with E-state index < -0.39 is 12.0 Å². The van der Waals surface area contributed by atoms with Crippen LogP contribution in [0.25, 0.3) is 0 Å². The third-order valence-electron chi connectivity index (χ3n) is 4.16. The topological polar surface area (TPSA) is 105 Å². The summed E-state index contributed by atoms with van der Waals surface area (Å²) in [6, 6.07) is 5.94. The number of benzene rings is 1. The van der Waals surface area contributed by atoms with Gasteiger partial charge in [-0.3, -0.25) is 14.5 Å². The number of carbonyl (C=O) groups excluding carboxylic acids is 4. The number of urea groups is 1. The Morgan fingerprint density at radius 3 is 2.62 bits per heavy atom. The minimum Gasteiger partial charge on any atom is -0.452 e. The summed E-state index contributed by atoms with van der Waals surface area (Å²) < 4.78 is 5.03. The van der Waals surface area contributed by atoms with Crippen molar-refractivity contribution in [2.75, 3.05) is 13.2 Å². The first-order valence-corrected chi connectivity index (χ1v) is 8.41. The van der Waals surface area contributed by atoms with Crippen LogP contribution < -0.4 is 10.6 Å². The number of hydrogen-bond acceptors (Lipinski definition) is 5. The molecule has 8 nitrogen and oxygen atoms in total. The summed E-state index contributed by atoms with van der Waals surface area (Å²) >= 11 is 0. The fourth-order valence-corrected chi connectivity index (χ4v) is 2.27. The van der Waals surface area contributed by atoms with Crippen LogP contribution >= 0.6 is 0 Å². The van der Waals surface area contributed by atoms with Crippen molar-refractivity contribution in [2.24, 2.45) is 5.92 Å². The third-order valence-corrected chi connectivity index (χ3v) is 4.16. The molecular weight excluding hydrogens is 338 g/mol. The summed E-state index contributed by atoms with van der Waals surface area (Å²) in [5.41, 5.74) is 0.863. The minimum atomic E-state index is -0.642. The molecule has 0 saturated carbocycles. The van der Waals surface area contributed by atoms with E-state index in [1.165, 1.54) is 6.07 Å². The summed E-state index contributed by atoms with van der Waals surface area (Å²) in [6.45, 7) is 5.51. The molecule has 0 aromatic heterocycles. The highest BCUT2D eigenvalue weighted by atomic mass is 16.5. The lowest BCUT2D eigenvalue weighted by molar-refractivity contribution is -0.126. The normalized spacial score (nSPS) is 15.0. The number of imide groups is 1. The van der Waals surface area contributed by atoms with Gasteiger partial charge in [-0.1, -0.05) is 26.0 Å². The maximum absolute atomic E-state index is 12.1. The molecule has 0 radical (unpaired) electrons. The SMILES string of the molecule is CC(C)C(C)NC(=O)COC(=O)c1cccc(CN2C(=O)CNC2=O)c1. The Bertz CT molecular complexity index is 701. The maximum atomic E-state index is 12.1. The van der Waals surface area contributed by atoms with Gasteiger partial charge in [-0.25, -0.2) is 9.59 Å². The lowest BCUT2D eigenvalue weighted by Gasteiger charge is -2.17. The van der Waals surface area contributed by atoms with Crippen molar-refractivity contribution in [2.45, 2.75) is 33.4 Å². The molecule has 1 saturated heterocycles. The van der Waals surface area contributed by atoms with E-state index in [2.05, 4.69) is 10.6 Å². The van der Waals surface area contributed by atoms with Crippen LogP contribution in [-0.2, 0) is 20.9 Å². The van der Waals surface area contributed by atoms with Gasteiger partial charge in [0.1, 0.15) is 0 Å². The van der Waals surface area contributed by atoms with Gasteiger partial charge >= 0.3 is 12.0 Å². The van der Waals surface area contributed by atoms with Gasteiger partial charge < -0.3 is 15.4 Å². The van der Waals surface area contributed by atoms with Gasteiger partial charge in [0.2, 0.25) is 5.91 Å². The van der Waals surface area contributed by atoms with Crippen molar-refractivity contribution in [3.05, 3.63) is 35.4 Å². The molecule has 26 heavy (non-hydrogen) atoms. The van der Waals surface area contributed by atoms with Crippen molar-refractivity contribution >= 4 is 23.8 Å². The van der Waals surface area contributed by atoms with Crippen LogP contribution in [0.5, 0.6) is 0 Å². The van der Waals surface area contributed by atoms with Gasteiger partial charge in [-0.15, -0.1) is 0 Å². The largest absolute Gasteiger partial charge is 0.452 e. The molecule has 1 heterocycles. The molecule has 4 amide bonds. The van der Waals surface area contributed by atoms with Crippen LogP contribution in [0, 0.1) is 5.92 Å². The number of carbonyl (C=O) groups is 4. The van der Waals surface area contributed by atoms with E-state index in [1.807, 2.05) is 20.8 Å². The smallest absolute Gasteiger partial charge is 0.338 e. The van der Waals surface area contributed by atoms with E-state index in [4.69, 9.17) is 4.74 Å². The van der Waals surface area contributed by atoms with Crippen LogP contribution in [0.2, 0.25) is 0 Å². The number of ether oxygens (including phenoxy) is 1. The van der Waals surface area contributed by atoms with E-state index >= 15 is 0 Å². The summed E-state index contributed by atoms with van der Waals surface area (Å²) in [7, 11) is 0. The quantitative estimate of drug-likeness (QED) is 0.558. The molecule has 1 fully saturated rings. The zero-order valence-corrected chi connectivity index (χ0v) is 15.1. The van der Waals surface area contributed by atoms with Crippen LogP contribution in [-0.4, -0.2) is 47.9 Å². The van der Waals surface area contributed by atoms with E-state index in [0.717, 1.165) is 4.90 Å². The lowest BCUT2D eigenvalue weighted by atomic mass is 10.1. The first-order valence-electron chi connectivity index (χ1n) is 8.41. The minimum absolute atomic E-state index is 0.0197. The molecule has 8 heteroatoms. The molecular formula is C18H23N3O5. The second kappa shape index (κ2) is 8.46. The van der Waals surface area contributed by atoms with Crippen LogP contribution in [0.1, 0.15) is 36.7 Å². The summed E-state index contributed by atoms with van der Waals surface area (Å²) in [6.07, 6.45) is 0. The number of hydrogen-bond donors (Lipinski definition) is 2. The number of esters is 1. The van der Waals surface area contributed by atoms with Gasteiger partial charge in [-0.05, 0) is 30.5 Å². The van der Waals surface area contributed by atoms with Crippen molar-refractivity contribution < 1.29 is 23.9 Å². The molecule has 140 valence electrons. The maximum Gasteiger partial charge on any atom is 0.338 e. The standard InChI is InChI=1S/C18H23N3O5/c1-11(2)12(3)20-15(22)10-26-17(24)14-6-4-5-13(7-14)9-21-16(23)8-19-18(21)25/h4-7,11-12H,8-10H2,1-3H3,(H,19,25)(H,20,22). The average molecular weight is 361 g/mol. The predicted molar refractivity (Wildman–Crippen MR) is 93.1 cm³/mol. The number of rotatable bonds is 7. The highest BCUT2D eigenvalue weighted by molar-refractivity contribution is 6.01. The Kier molecular flexibility index (Phi) is 6.32. The van der Waals surface area contributed by atoms with Crippen LogP contribution in [0.15, 0.2) is 24.3 Å². The molecule has 1 unspecified atom stereocenters. The van der Waals surface area contributed by atoms with Crippen molar-refractivity contribution in [1.82, 2.24) is 15.5 Å². The second-order valence-corrected chi connectivity index (χ2v) is 6.52. The van der Waals surface area contributed by atoms with Crippen LogP contribution in [0.3, 0.4) is 0 Å². The van der Waals surface area contributed by atoms with Gasteiger partial charge in [0.05, 0.1) is 18.7 Å². The van der Waals surface area contributed by atoms with Gasteiger partial charge in [0, 0.05) is 6.04 Å². The fourth-order valence-electron chi connectivity index (χ4n) is 2.27. The Hall–Kier alpha value is -2.90. The first-order chi connectivity index (χ1) is 12.3. The summed E-state index contributed by atoms with van der Waals surface area (Å²) in [5.74, 6) is -1.05. The second-order valence-electron chi connectivity index (χ2n) is 6.52. The lowest BCUT2D eigenvalue weighted by Crippen LogP contribution is -2.38. The average Bonchev–Trinajstić information content (AvgIpc) is 2.91. The number of amides is 4. The molecule has 1 aliphatic heterocycles. The van der Waals surface area contributed by atoms with Crippen molar-refractivity contribution in [3.8, 4) is 0 Å². The highest BCUT2D eigenvalue weighted by Gasteiger charge is 2.28. The Balaban J connectivity index is 1.92. The number of nitrogens with one attached hydrogen (secondary N) is 2. The molecule has 0 bridgehead atoms. The predicted octanol–water partition coefficient (Wildman–Crippen LogP) is 1.06. The molecule has 0 spiro atoms. The summed E-state index contributed by atoms with van der Waals surface area (Å²) in [4.78, 5) is 48.2. The molecule has 2 rings (SSSR count). The molecule has 2 N–H and O–H groups in total. The van der Waals surface area contributed by atoms with E-state index in [-0.39, 0.29) is 49.0 Å². The zero-order chi connectivity index (χ0) is 19.3.